The molecule has 1 aliphatic heterocycles. The van der Waals surface area contributed by atoms with E-state index in [4.69, 9.17) is 4.74 Å². The lowest BCUT2D eigenvalue weighted by molar-refractivity contribution is -0.149. The minimum atomic E-state index is -0.941. The molecule has 1 saturated heterocycles. The van der Waals surface area contributed by atoms with Crippen LogP contribution in [0.25, 0.3) is 5.65 Å². The molecular weight excluding hydrogens is 364 g/mol. The van der Waals surface area contributed by atoms with Crippen LogP contribution in [0.5, 0.6) is 0 Å². The molecule has 1 N–H and O–H groups in total. The first-order valence-corrected chi connectivity index (χ1v) is 9.07. The van der Waals surface area contributed by atoms with E-state index in [-0.39, 0.29) is 18.1 Å². The predicted octanol–water partition coefficient (Wildman–Crippen LogP) is 0.767. The molecule has 2 aliphatic rings. The van der Waals surface area contributed by atoms with Gasteiger partial charge in [-0.15, -0.1) is 0 Å². The van der Waals surface area contributed by atoms with Crippen molar-refractivity contribution in [3.05, 3.63) is 46.0 Å². The zero-order valence-electron chi connectivity index (χ0n) is 15.6. The van der Waals surface area contributed by atoms with Gasteiger partial charge in [-0.25, -0.2) is 9.78 Å². The van der Waals surface area contributed by atoms with E-state index in [0.29, 0.717) is 11.3 Å². The highest BCUT2D eigenvalue weighted by atomic mass is 16.5. The number of fused-ring (bicyclic) bond motifs is 1. The molecule has 9 nitrogen and oxygen atoms in total. The Balaban J connectivity index is 1.42. The quantitative estimate of drug-likeness (QED) is 0.602. The van der Waals surface area contributed by atoms with Crippen molar-refractivity contribution in [2.24, 2.45) is 5.92 Å². The van der Waals surface area contributed by atoms with Crippen LogP contribution in [-0.4, -0.2) is 44.3 Å². The summed E-state index contributed by atoms with van der Waals surface area (Å²) >= 11 is 0. The predicted molar refractivity (Wildman–Crippen MR) is 97.4 cm³/mol. The molecule has 146 valence electrons. The number of nitrogens with one attached hydrogen (secondary N) is 1. The third-order valence-electron chi connectivity index (χ3n) is 5.30. The van der Waals surface area contributed by atoms with Crippen molar-refractivity contribution in [1.82, 2.24) is 19.6 Å². The number of hydrogen-bond donors (Lipinski definition) is 1. The Bertz CT molecular complexity index is 1060. The largest absolute Gasteiger partial charge is 0.458 e. The first kappa shape index (κ1) is 18.1. The lowest BCUT2D eigenvalue weighted by Crippen LogP contribution is -2.46. The molecule has 9 heteroatoms. The number of carbonyl (C=O) groups excluding carboxylic acids is 3. The Morgan fingerprint density at radius 3 is 2.79 bits per heavy atom. The fraction of sp³-hybridized carbons (Fsp3) is 0.421. The molecule has 3 amide bonds. The van der Waals surface area contributed by atoms with Crippen LogP contribution >= 0.6 is 0 Å². The fourth-order valence-electron chi connectivity index (χ4n) is 3.56. The number of esters is 1. The second kappa shape index (κ2) is 6.43. The summed E-state index contributed by atoms with van der Waals surface area (Å²) in [5.41, 5.74) is 0.278. The van der Waals surface area contributed by atoms with Gasteiger partial charge in [0.1, 0.15) is 24.3 Å². The normalized spacial score (nSPS) is 21.9. The van der Waals surface area contributed by atoms with Gasteiger partial charge in [0.25, 0.3) is 11.5 Å². The van der Waals surface area contributed by atoms with Crippen LogP contribution in [0.2, 0.25) is 0 Å². The van der Waals surface area contributed by atoms with E-state index in [0.717, 1.165) is 23.4 Å². The highest BCUT2D eigenvalue weighted by Crippen LogP contribution is 2.42. The second-order valence-corrected chi connectivity index (χ2v) is 7.41. The highest BCUT2D eigenvalue weighted by molar-refractivity contribution is 6.08. The van der Waals surface area contributed by atoms with Crippen molar-refractivity contribution >= 4 is 23.6 Å². The van der Waals surface area contributed by atoms with Gasteiger partial charge in [0, 0.05) is 11.8 Å². The second-order valence-electron chi connectivity index (χ2n) is 7.41. The van der Waals surface area contributed by atoms with Crippen LogP contribution < -0.4 is 10.9 Å². The molecule has 2 aromatic heterocycles. The number of rotatable bonds is 5. The van der Waals surface area contributed by atoms with Crippen LogP contribution in [-0.2, 0) is 20.9 Å². The molecule has 0 radical (unpaired) electrons. The Kier molecular flexibility index (Phi) is 4.17. The number of aromatic nitrogens is 2. The summed E-state index contributed by atoms with van der Waals surface area (Å²) in [5, 5.41) is 2.68. The van der Waals surface area contributed by atoms with Crippen molar-refractivity contribution in [2.75, 3.05) is 6.54 Å². The molecular formula is C19H20N4O5. The number of hydrogen-bond acceptors (Lipinski definition) is 6. The summed E-state index contributed by atoms with van der Waals surface area (Å²) < 4.78 is 6.60. The van der Waals surface area contributed by atoms with Crippen LogP contribution in [0.15, 0.2) is 29.1 Å². The number of carbonyl (C=O) groups is 3. The molecule has 0 bridgehead atoms. The van der Waals surface area contributed by atoms with Gasteiger partial charge >= 0.3 is 12.0 Å². The maximum Gasteiger partial charge on any atom is 0.326 e. The summed E-state index contributed by atoms with van der Waals surface area (Å²) in [6.45, 7) is 2.79. The molecule has 28 heavy (non-hydrogen) atoms. The van der Waals surface area contributed by atoms with Crippen molar-refractivity contribution in [3.63, 3.8) is 0 Å². The van der Waals surface area contributed by atoms with Gasteiger partial charge in [-0.1, -0.05) is 6.07 Å². The fourth-order valence-corrected chi connectivity index (χ4v) is 3.56. The lowest BCUT2D eigenvalue weighted by Gasteiger charge is -2.20. The zero-order chi connectivity index (χ0) is 20.1. The van der Waals surface area contributed by atoms with Crippen molar-refractivity contribution in [3.8, 4) is 0 Å². The van der Waals surface area contributed by atoms with Gasteiger partial charge in [-0.2, -0.15) is 0 Å². The van der Waals surface area contributed by atoms with Gasteiger partial charge < -0.3 is 10.1 Å². The first-order valence-electron chi connectivity index (χ1n) is 9.07. The number of amides is 3. The molecule has 4 rings (SSSR count). The number of urea groups is 1. The standard InChI is InChI=1S/C19H20N4O5/c1-11-4-3-5-14-20-13(8-15(24)23(11)14)10-28-16(25)9-22-17(26)19(2,12-6-7-12)21-18(22)27/h3-5,8,12H,6-7,9-10H2,1-2H3,(H,21,27)/t19-/m1/s1. The maximum atomic E-state index is 12.5. The third kappa shape index (κ3) is 3.02. The van der Waals surface area contributed by atoms with E-state index in [1.165, 1.54) is 10.5 Å². The molecule has 0 spiro atoms. The van der Waals surface area contributed by atoms with E-state index in [1.807, 2.05) is 0 Å². The number of pyridine rings is 1. The molecule has 3 heterocycles. The van der Waals surface area contributed by atoms with Crippen LogP contribution in [0, 0.1) is 12.8 Å². The van der Waals surface area contributed by atoms with E-state index < -0.39 is 30.0 Å². The average Bonchev–Trinajstić information content (AvgIpc) is 3.46. The number of aryl methyl sites for hydroxylation is 1. The third-order valence-corrected chi connectivity index (χ3v) is 5.30. The van der Waals surface area contributed by atoms with Crippen LogP contribution in [0.4, 0.5) is 4.79 Å². The molecule has 1 atom stereocenters. The smallest absolute Gasteiger partial charge is 0.326 e. The van der Waals surface area contributed by atoms with Gasteiger partial charge in [0.2, 0.25) is 0 Å². The van der Waals surface area contributed by atoms with Crippen LogP contribution in [0.3, 0.4) is 0 Å². The van der Waals surface area contributed by atoms with Gasteiger partial charge in [-0.3, -0.25) is 23.7 Å². The van der Waals surface area contributed by atoms with Gasteiger partial charge in [0.15, 0.2) is 0 Å². The molecule has 2 fully saturated rings. The summed E-state index contributed by atoms with van der Waals surface area (Å²) in [6.07, 6.45) is 1.76. The molecule has 2 aromatic rings. The molecule has 1 aliphatic carbocycles. The Hall–Kier alpha value is -3.23. The van der Waals surface area contributed by atoms with E-state index >= 15 is 0 Å². The Morgan fingerprint density at radius 1 is 1.32 bits per heavy atom. The number of nitrogens with zero attached hydrogens (tertiary/aromatic N) is 3. The molecule has 0 aromatic carbocycles. The zero-order valence-corrected chi connectivity index (χ0v) is 15.6. The SMILES string of the molecule is Cc1cccc2nc(COC(=O)CN3C(=O)N[C@](C)(C4CC4)C3=O)cc(=O)n12. The van der Waals surface area contributed by atoms with Gasteiger partial charge in [0.05, 0.1) is 5.69 Å². The van der Waals surface area contributed by atoms with Gasteiger partial charge in [-0.05, 0) is 44.7 Å². The van der Waals surface area contributed by atoms with E-state index in [1.54, 1.807) is 32.0 Å². The lowest BCUT2D eigenvalue weighted by atomic mass is 9.96. The minimum Gasteiger partial charge on any atom is -0.458 e. The molecule has 0 unspecified atom stereocenters. The maximum absolute atomic E-state index is 12.5. The summed E-state index contributed by atoms with van der Waals surface area (Å²) in [4.78, 5) is 54.2. The Morgan fingerprint density at radius 2 is 2.07 bits per heavy atom. The van der Waals surface area contributed by atoms with Crippen molar-refractivity contribution < 1.29 is 19.1 Å². The Labute approximate surface area is 160 Å². The summed E-state index contributed by atoms with van der Waals surface area (Å²) in [7, 11) is 0. The summed E-state index contributed by atoms with van der Waals surface area (Å²) in [5.74, 6) is -1.03. The topological polar surface area (TPSA) is 110 Å². The number of ether oxygens (including phenoxy) is 1. The molecule has 1 saturated carbocycles. The van der Waals surface area contributed by atoms with E-state index in [9.17, 15) is 19.2 Å². The van der Waals surface area contributed by atoms with Crippen molar-refractivity contribution in [1.29, 1.82) is 0 Å². The first-order chi connectivity index (χ1) is 13.3. The number of imide groups is 1. The van der Waals surface area contributed by atoms with Crippen molar-refractivity contribution in [2.45, 2.75) is 38.8 Å². The highest BCUT2D eigenvalue weighted by Gasteiger charge is 2.56. The average molecular weight is 384 g/mol. The summed E-state index contributed by atoms with van der Waals surface area (Å²) in [6, 6.07) is 5.97. The minimum absolute atomic E-state index is 0.114. The monoisotopic (exact) mass is 384 g/mol. The van der Waals surface area contributed by atoms with Crippen LogP contribution in [0.1, 0.15) is 31.2 Å². The van der Waals surface area contributed by atoms with E-state index in [2.05, 4.69) is 10.3 Å².